The number of carbonyl (C=O) groups is 1. The third-order valence-corrected chi connectivity index (χ3v) is 4.66. The van der Waals surface area contributed by atoms with Gasteiger partial charge in [0.25, 0.3) is 0 Å². The van der Waals surface area contributed by atoms with E-state index >= 15 is 0 Å². The van der Waals surface area contributed by atoms with E-state index in [0.717, 1.165) is 53.9 Å². The zero-order chi connectivity index (χ0) is 17.9. The number of hydrogen-bond donors (Lipinski definition) is 3. The molecule has 26 heavy (non-hydrogen) atoms. The fourth-order valence-corrected chi connectivity index (χ4v) is 3.33. The third-order valence-electron chi connectivity index (χ3n) is 4.66. The highest BCUT2D eigenvalue weighted by molar-refractivity contribution is 6.00. The number of anilines is 1. The molecule has 3 N–H and O–H groups in total. The number of methoxy groups -OCH3 is 1. The number of aromatic amines is 1. The molecule has 0 saturated carbocycles. The van der Waals surface area contributed by atoms with Crippen molar-refractivity contribution in [3.05, 3.63) is 42.4 Å². The quantitative estimate of drug-likeness (QED) is 0.626. The van der Waals surface area contributed by atoms with Crippen molar-refractivity contribution in [2.75, 3.05) is 25.5 Å². The first kappa shape index (κ1) is 16.5. The molecule has 0 amide bonds. The van der Waals surface area contributed by atoms with Crippen molar-refractivity contribution in [1.29, 1.82) is 0 Å². The van der Waals surface area contributed by atoms with Crippen LogP contribution in [0.25, 0.3) is 22.2 Å². The predicted molar refractivity (Wildman–Crippen MR) is 100 cm³/mol. The summed E-state index contributed by atoms with van der Waals surface area (Å²) in [6.45, 7) is 2.00. The molecule has 1 atom stereocenters. The maximum absolute atomic E-state index is 11.8. The van der Waals surface area contributed by atoms with Gasteiger partial charge in [0.2, 0.25) is 0 Å². The van der Waals surface area contributed by atoms with Crippen LogP contribution in [0, 0.1) is 0 Å². The van der Waals surface area contributed by atoms with Crippen LogP contribution in [0.15, 0.2) is 36.8 Å². The highest BCUT2D eigenvalue weighted by Gasteiger charge is 2.15. The van der Waals surface area contributed by atoms with Crippen LogP contribution in [0.1, 0.15) is 23.2 Å². The Hall–Kier alpha value is -2.93. The number of hydrogen-bond acceptors (Lipinski definition) is 6. The summed E-state index contributed by atoms with van der Waals surface area (Å²) in [4.78, 5) is 24.1. The fourth-order valence-electron chi connectivity index (χ4n) is 3.33. The van der Waals surface area contributed by atoms with Gasteiger partial charge in [0.15, 0.2) is 0 Å². The lowest BCUT2D eigenvalue weighted by atomic mass is 10.1. The van der Waals surface area contributed by atoms with Crippen LogP contribution in [0.5, 0.6) is 0 Å². The highest BCUT2D eigenvalue weighted by atomic mass is 16.5. The number of carbonyl (C=O) groups excluding carboxylic acids is 1. The van der Waals surface area contributed by atoms with Crippen LogP contribution in [-0.4, -0.2) is 47.2 Å². The van der Waals surface area contributed by atoms with Gasteiger partial charge in [0.1, 0.15) is 5.82 Å². The molecule has 1 aromatic carbocycles. The van der Waals surface area contributed by atoms with E-state index in [9.17, 15) is 4.79 Å². The Morgan fingerprint density at radius 3 is 3.08 bits per heavy atom. The molecule has 1 saturated heterocycles. The number of H-pyrrole nitrogens is 1. The Morgan fingerprint density at radius 2 is 2.27 bits per heavy atom. The highest BCUT2D eigenvalue weighted by Crippen LogP contribution is 2.28. The maximum Gasteiger partial charge on any atom is 0.337 e. The standard InChI is InChI=1S/C19H21N5O2/c1-26-19(25)12-4-5-16-14(7-12)15(9-22-16)17-10-21-11-18(24-17)23-13-3-2-6-20-8-13/h4-5,7,9-11,13,20,22H,2-3,6,8H2,1H3,(H,23,24)/t13-/m1/s1. The number of nitrogens with one attached hydrogen (secondary N) is 3. The second kappa shape index (κ2) is 7.13. The van der Waals surface area contributed by atoms with Crippen LogP contribution in [0.2, 0.25) is 0 Å². The number of ether oxygens (including phenoxy) is 1. The van der Waals surface area contributed by atoms with Gasteiger partial charge in [-0.25, -0.2) is 9.78 Å². The van der Waals surface area contributed by atoms with E-state index in [1.807, 2.05) is 18.3 Å². The smallest absolute Gasteiger partial charge is 0.337 e. The SMILES string of the molecule is COC(=O)c1ccc2[nH]cc(-c3cncc(N[C@@H]4CCCNC4)n3)c2c1. The molecular weight excluding hydrogens is 330 g/mol. The van der Waals surface area contributed by atoms with Gasteiger partial charge in [-0.05, 0) is 37.6 Å². The molecule has 1 aliphatic rings. The maximum atomic E-state index is 11.8. The molecular formula is C19H21N5O2. The number of benzene rings is 1. The first-order valence-corrected chi connectivity index (χ1v) is 8.74. The van der Waals surface area contributed by atoms with Crippen LogP contribution < -0.4 is 10.6 Å². The number of aromatic nitrogens is 3. The Bertz CT molecular complexity index is 931. The van der Waals surface area contributed by atoms with Crippen LogP contribution in [0.4, 0.5) is 5.82 Å². The second-order valence-electron chi connectivity index (χ2n) is 6.43. The van der Waals surface area contributed by atoms with Gasteiger partial charge in [0, 0.05) is 35.2 Å². The van der Waals surface area contributed by atoms with Crippen LogP contribution in [0.3, 0.4) is 0 Å². The summed E-state index contributed by atoms with van der Waals surface area (Å²) in [6.07, 6.45) is 7.64. The van der Waals surface area contributed by atoms with E-state index in [0.29, 0.717) is 11.6 Å². The summed E-state index contributed by atoms with van der Waals surface area (Å²) in [6, 6.07) is 5.80. The summed E-state index contributed by atoms with van der Waals surface area (Å²) in [5.41, 5.74) is 3.11. The summed E-state index contributed by atoms with van der Waals surface area (Å²) in [7, 11) is 1.38. The molecule has 1 fully saturated rings. The number of nitrogens with zero attached hydrogens (tertiary/aromatic N) is 2. The lowest BCUT2D eigenvalue weighted by Gasteiger charge is -2.24. The van der Waals surface area contributed by atoms with E-state index in [2.05, 4.69) is 20.6 Å². The van der Waals surface area contributed by atoms with Crippen LogP contribution >= 0.6 is 0 Å². The number of fused-ring (bicyclic) bond motifs is 1. The Kier molecular flexibility index (Phi) is 4.53. The average molecular weight is 351 g/mol. The number of esters is 1. The first-order chi connectivity index (χ1) is 12.7. The summed E-state index contributed by atoms with van der Waals surface area (Å²) in [5.74, 6) is 0.403. The van der Waals surface area contributed by atoms with E-state index in [-0.39, 0.29) is 5.97 Å². The van der Waals surface area contributed by atoms with Crippen molar-refractivity contribution in [3.8, 4) is 11.3 Å². The molecule has 2 aromatic heterocycles. The molecule has 0 unspecified atom stereocenters. The van der Waals surface area contributed by atoms with Gasteiger partial charge in [0.05, 0.1) is 30.8 Å². The van der Waals surface area contributed by atoms with Gasteiger partial charge in [-0.2, -0.15) is 0 Å². The minimum absolute atomic E-state index is 0.356. The molecule has 0 bridgehead atoms. The van der Waals surface area contributed by atoms with Crippen molar-refractivity contribution < 1.29 is 9.53 Å². The van der Waals surface area contributed by atoms with E-state index in [1.54, 1.807) is 18.5 Å². The topological polar surface area (TPSA) is 91.9 Å². The zero-order valence-corrected chi connectivity index (χ0v) is 14.6. The van der Waals surface area contributed by atoms with E-state index in [1.165, 1.54) is 7.11 Å². The zero-order valence-electron chi connectivity index (χ0n) is 14.6. The summed E-state index contributed by atoms with van der Waals surface area (Å²) in [5, 5.41) is 7.75. The van der Waals surface area contributed by atoms with Gasteiger partial charge in [-0.15, -0.1) is 0 Å². The van der Waals surface area contributed by atoms with Crippen molar-refractivity contribution in [2.24, 2.45) is 0 Å². The summed E-state index contributed by atoms with van der Waals surface area (Å²) < 4.78 is 4.82. The average Bonchev–Trinajstić information content (AvgIpc) is 3.11. The minimum atomic E-state index is -0.356. The van der Waals surface area contributed by atoms with Gasteiger partial charge < -0.3 is 20.4 Å². The molecule has 134 valence electrons. The molecule has 0 spiro atoms. The van der Waals surface area contributed by atoms with Gasteiger partial charge >= 0.3 is 5.97 Å². The lowest BCUT2D eigenvalue weighted by Crippen LogP contribution is -2.38. The predicted octanol–water partition coefficient (Wildman–Crippen LogP) is 2.58. The molecule has 1 aliphatic heterocycles. The number of rotatable bonds is 4. The molecule has 3 heterocycles. The Labute approximate surface area is 151 Å². The molecule has 0 radical (unpaired) electrons. The Morgan fingerprint density at radius 1 is 1.35 bits per heavy atom. The third kappa shape index (κ3) is 3.25. The van der Waals surface area contributed by atoms with Gasteiger partial charge in [-0.1, -0.05) is 0 Å². The largest absolute Gasteiger partial charge is 0.465 e. The molecule has 0 aliphatic carbocycles. The normalized spacial score (nSPS) is 17.2. The van der Waals surface area contributed by atoms with Crippen molar-refractivity contribution >= 4 is 22.7 Å². The van der Waals surface area contributed by atoms with Crippen LogP contribution in [-0.2, 0) is 4.74 Å². The summed E-state index contributed by atoms with van der Waals surface area (Å²) >= 11 is 0. The van der Waals surface area contributed by atoms with Crippen molar-refractivity contribution in [2.45, 2.75) is 18.9 Å². The monoisotopic (exact) mass is 351 g/mol. The number of piperidine rings is 1. The minimum Gasteiger partial charge on any atom is -0.465 e. The second-order valence-corrected chi connectivity index (χ2v) is 6.43. The van der Waals surface area contributed by atoms with E-state index in [4.69, 9.17) is 9.72 Å². The molecule has 7 heteroatoms. The first-order valence-electron chi connectivity index (χ1n) is 8.74. The molecule has 7 nitrogen and oxygen atoms in total. The van der Waals surface area contributed by atoms with Crippen molar-refractivity contribution in [3.63, 3.8) is 0 Å². The van der Waals surface area contributed by atoms with Gasteiger partial charge in [-0.3, -0.25) is 4.98 Å². The van der Waals surface area contributed by atoms with Crippen molar-refractivity contribution in [1.82, 2.24) is 20.3 Å². The lowest BCUT2D eigenvalue weighted by molar-refractivity contribution is 0.0601. The fraction of sp³-hybridized carbons (Fsp3) is 0.316. The molecule has 3 aromatic rings. The Balaban J connectivity index is 1.66. The molecule has 4 rings (SSSR count). The van der Waals surface area contributed by atoms with E-state index < -0.39 is 0 Å².